The van der Waals surface area contributed by atoms with Crippen LogP contribution in [0.5, 0.6) is 11.5 Å². The molecule has 1 atom stereocenters. The van der Waals surface area contributed by atoms with Crippen LogP contribution < -0.4 is 14.4 Å². The first-order valence-electron chi connectivity index (χ1n) is 11.0. The Morgan fingerprint density at radius 1 is 1.19 bits per heavy atom. The SMILES string of the molecule is C.COc1ccc2c(c1OCc1ccccc1)CC(C(=O)N=S(=O)=O)N(c1nc3ccc(F)cc3o1)C2. The second-order valence-corrected chi connectivity index (χ2v) is 8.73. The van der Waals surface area contributed by atoms with E-state index in [1.165, 1.54) is 30.2 Å². The highest BCUT2D eigenvalue weighted by atomic mass is 32.2. The van der Waals surface area contributed by atoms with E-state index in [1.807, 2.05) is 36.4 Å². The van der Waals surface area contributed by atoms with E-state index in [0.717, 1.165) is 11.1 Å². The minimum Gasteiger partial charge on any atom is -0.493 e. The highest BCUT2D eigenvalue weighted by Crippen LogP contribution is 2.40. The van der Waals surface area contributed by atoms with Crippen molar-refractivity contribution in [2.45, 2.75) is 33.0 Å². The Hall–Kier alpha value is -4.25. The average molecular weight is 526 g/mol. The van der Waals surface area contributed by atoms with Crippen LogP contribution in [0, 0.1) is 5.82 Å². The van der Waals surface area contributed by atoms with E-state index in [4.69, 9.17) is 13.9 Å². The summed E-state index contributed by atoms with van der Waals surface area (Å²) in [6, 6.07) is 16.1. The number of rotatable bonds is 6. The number of methoxy groups -OCH3 is 1. The van der Waals surface area contributed by atoms with E-state index < -0.39 is 28.3 Å². The summed E-state index contributed by atoms with van der Waals surface area (Å²) in [7, 11) is -1.43. The van der Waals surface area contributed by atoms with Crippen LogP contribution in [0.25, 0.3) is 11.1 Å². The molecule has 0 saturated carbocycles. The van der Waals surface area contributed by atoms with Gasteiger partial charge in [-0.05, 0) is 29.3 Å². The van der Waals surface area contributed by atoms with Crippen LogP contribution in [0.3, 0.4) is 0 Å². The summed E-state index contributed by atoms with van der Waals surface area (Å²) in [5.74, 6) is -0.449. The molecule has 0 fully saturated rings. The summed E-state index contributed by atoms with van der Waals surface area (Å²) in [6.45, 7) is 0.412. The molecule has 0 saturated heterocycles. The van der Waals surface area contributed by atoms with Crippen molar-refractivity contribution in [3.8, 4) is 11.5 Å². The molecule has 0 radical (unpaired) electrons. The van der Waals surface area contributed by atoms with Crippen LogP contribution in [0.2, 0.25) is 0 Å². The van der Waals surface area contributed by atoms with Crippen molar-refractivity contribution >= 4 is 33.5 Å². The van der Waals surface area contributed by atoms with Crippen LogP contribution in [0.1, 0.15) is 24.1 Å². The number of ether oxygens (including phenoxy) is 2. The first-order chi connectivity index (χ1) is 17.4. The van der Waals surface area contributed by atoms with Crippen molar-refractivity contribution in [2.24, 2.45) is 4.36 Å². The number of hydrogen-bond donors (Lipinski definition) is 0. The zero-order valence-corrected chi connectivity index (χ0v) is 19.9. The molecular formula is C26H24FN3O6S. The van der Waals surface area contributed by atoms with Gasteiger partial charge in [-0.25, -0.2) is 4.39 Å². The van der Waals surface area contributed by atoms with E-state index in [0.29, 0.717) is 22.6 Å². The van der Waals surface area contributed by atoms with Crippen LogP contribution in [-0.4, -0.2) is 32.5 Å². The van der Waals surface area contributed by atoms with Crippen LogP contribution in [-0.2, 0) is 34.9 Å². The van der Waals surface area contributed by atoms with Gasteiger partial charge >= 0.3 is 10.5 Å². The molecule has 1 aliphatic rings. The summed E-state index contributed by atoms with van der Waals surface area (Å²) < 4.78 is 56.7. The summed E-state index contributed by atoms with van der Waals surface area (Å²) >= 11 is 0. The molecule has 4 aromatic rings. The number of anilines is 1. The molecule has 2 heterocycles. The van der Waals surface area contributed by atoms with Crippen molar-refractivity contribution in [1.29, 1.82) is 0 Å². The fourth-order valence-electron chi connectivity index (χ4n) is 4.23. The Kier molecular flexibility index (Phi) is 7.53. The third-order valence-corrected chi connectivity index (χ3v) is 6.25. The van der Waals surface area contributed by atoms with Crippen molar-refractivity contribution < 1.29 is 31.5 Å². The molecule has 11 heteroatoms. The number of carbonyl (C=O) groups excluding carboxylic acids is 1. The lowest BCUT2D eigenvalue weighted by Crippen LogP contribution is -2.45. The third kappa shape index (κ3) is 5.31. The number of aromatic nitrogens is 1. The van der Waals surface area contributed by atoms with E-state index in [1.54, 1.807) is 6.07 Å². The lowest BCUT2D eigenvalue weighted by Gasteiger charge is -2.34. The van der Waals surface area contributed by atoms with E-state index in [2.05, 4.69) is 9.35 Å². The van der Waals surface area contributed by atoms with Crippen LogP contribution in [0.4, 0.5) is 10.4 Å². The number of fused-ring (bicyclic) bond motifs is 2. The van der Waals surface area contributed by atoms with Crippen LogP contribution >= 0.6 is 0 Å². The standard InChI is InChI=1S/C25H20FN3O6S.CH4/c1-33-21-10-7-16-13-29(25-27-19-9-8-17(26)11-22(19)35-25)20(24(30)28-36(31)32)12-18(16)23(21)34-14-15-5-3-2-4-6-15;/h2-11,20H,12-14H2,1H3;1H4. The van der Waals surface area contributed by atoms with E-state index in [-0.39, 0.29) is 38.6 Å². The number of hydrogen-bond acceptors (Lipinski definition) is 8. The zero-order valence-electron chi connectivity index (χ0n) is 19.0. The summed E-state index contributed by atoms with van der Waals surface area (Å²) in [6.07, 6.45) is 0.0588. The Bertz CT molecular complexity index is 1580. The smallest absolute Gasteiger partial charge is 0.319 e. The number of nitrogens with zero attached hydrogens (tertiary/aromatic N) is 3. The van der Waals surface area contributed by atoms with Gasteiger partial charge in [0.1, 0.15) is 24.0 Å². The van der Waals surface area contributed by atoms with Gasteiger partial charge in [0.15, 0.2) is 17.1 Å². The lowest BCUT2D eigenvalue weighted by molar-refractivity contribution is -0.119. The van der Waals surface area contributed by atoms with E-state index >= 15 is 0 Å². The van der Waals surface area contributed by atoms with Crippen LogP contribution in [0.15, 0.2) is 69.4 Å². The van der Waals surface area contributed by atoms with E-state index in [9.17, 15) is 17.6 Å². The minimum absolute atomic E-state index is 0. The van der Waals surface area contributed by atoms with Gasteiger partial charge in [-0.2, -0.15) is 13.4 Å². The molecule has 5 rings (SSSR count). The van der Waals surface area contributed by atoms with Gasteiger partial charge in [-0.1, -0.05) is 48.2 Å². The Labute approximate surface area is 214 Å². The maximum Gasteiger partial charge on any atom is 0.319 e. The minimum atomic E-state index is -2.94. The topological polar surface area (TPSA) is 111 Å². The van der Waals surface area contributed by atoms with Gasteiger partial charge in [-0.3, -0.25) is 4.79 Å². The first-order valence-corrected chi connectivity index (χ1v) is 12.0. The first kappa shape index (κ1) is 25.8. The Morgan fingerprint density at radius 2 is 1.97 bits per heavy atom. The number of amides is 1. The quantitative estimate of drug-likeness (QED) is 0.356. The maximum absolute atomic E-state index is 13.7. The molecular weight excluding hydrogens is 501 g/mol. The predicted molar refractivity (Wildman–Crippen MR) is 134 cm³/mol. The van der Waals surface area contributed by atoms with Gasteiger partial charge in [0.25, 0.3) is 11.9 Å². The molecule has 0 aliphatic carbocycles. The fourth-order valence-corrected chi connectivity index (χ4v) is 4.50. The Morgan fingerprint density at radius 3 is 2.70 bits per heavy atom. The van der Waals surface area contributed by atoms with Gasteiger partial charge in [-0.15, -0.1) is 0 Å². The third-order valence-electron chi connectivity index (χ3n) is 5.92. The predicted octanol–water partition coefficient (Wildman–Crippen LogP) is 4.71. The largest absolute Gasteiger partial charge is 0.493 e. The van der Waals surface area contributed by atoms with Gasteiger partial charge < -0.3 is 18.8 Å². The summed E-state index contributed by atoms with van der Waals surface area (Å²) in [5, 5.41) is 0. The molecule has 1 aromatic heterocycles. The summed E-state index contributed by atoms with van der Waals surface area (Å²) in [4.78, 5) is 18.8. The molecule has 9 nitrogen and oxygen atoms in total. The maximum atomic E-state index is 13.7. The van der Waals surface area contributed by atoms with Crippen molar-refractivity contribution in [3.63, 3.8) is 0 Å². The molecule has 192 valence electrons. The molecule has 0 spiro atoms. The second-order valence-electron chi connectivity index (χ2n) is 8.11. The average Bonchev–Trinajstić information content (AvgIpc) is 3.29. The summed E-state index contributed by atoms with van der Waals surface area (Å²) in [5.41, 5.74) is 3.04. The molecule has 37 heavy (non-hydrogen) atoms. The molecule has 1 aliphatic heterocycles. The van der Waals surface area contributed by atoms with Crippen molar-refractivity contribution in [1.82, 2.24) is 4.98 Å². The number of carbonyl (C=O) groups is 1. The highest BCUT2D eigenvalue weighted by molar-refractivity contribution is 7.62. The van der Waals surface area contributed by atoms with Gasteiger partial charge in [0, 0.05) is 24.6 Å². The molecule has 0 bridgehead atoms. The number of halogens is 1. The lowest BCUT2D eigenvalue weighted by atomic mass is 9.92. The normalized spacial score (nSPS) is 14.4. The molecule has 1 unspecified atom stereocenters. The molecule has 3 aromatic carbocycles. The number of benzene rings is 3. The number of oxazole rings is 1. The second kappa shape index (κ2) is 10.8. The van der Waals surface area contributed by atoms with Crippen molar-refractivity contribution in [2.75, 3.05) is 12.0 Å². The fraction of sp³-hybridized carbons (Fsp3) is 0.231. The van der Waals surface area contributed by atoms with Crippen molar-refractivity contribution in [3.05, 3.63) is 83.2 Å². The molecule has 0 N–H and O–H groups in total. The monoisotopic (exact) mass is 525 g/mol. The zero-order chi connectivity index (χ0) is 25.2. The Balaban J connectivity index is 0.00000320. The van der Waals surface area contributed by atoms with Gasteiger partial charge in [0.2, 0.25) is 0 Å². The molecule has 1 amide bonds. The van der Waals surface area contributed by atoms with Gasteiger partial charge in [0.05, 0.1) is 7.11 Å². The highest BCUT2D eigenvalue weighted by Gasteiger charge is 2.37.